The molecule has 5 rings (SSSR count). The topological polar surface area (TPSA) is 76.6 Å². The Morgan fingerprint density at radius 3 is 2.45 bits per heavy atom. The number of amides is 1. The van der Waals surface area contributed by atoms with E-state index in [4.69, 9.17) is 9.97 Å². The molecule has 2 aliphatic heterocycles. The normalized spacial score (nSPS) is 15.8. The number of benzene rings is 2. The summed E-state index contributed by atoms with van der Waals surface area (Å²) < 4.78 is 0. The summed E-state index contributed by atoms with van der Waals surface area (Å²) in [6.07, 6.45) is 4.64. The van der Waals surface area contributed by atoms with Crippen LogP contribution in [0.2, 0.25) is 0 Å². The van der Waals surface area contributed by atoms with Crippen molar-refractivity contribution in [3.05, 3.63) is 77.0 Å². The lowest BCUT2D eigenvalue weighted by Crippen LogP contribution is -2.32. The first-order valence-corrected chi connectivity index (χ1v) is 14.7. The molecular weight excluding hydrogens is 498 g/mol. The van der Waals surface area contributed by atoms with Crippen molar-refractivity contribution in [3.8, 4) is 11.4 Å². The van der Waals surface area contributed by atoms with Crippen LogP contribution in [0.1, 0.15) is 46.4 Å². The van der Waals surface area contributed by atoms with Crippen molar-refractivity contribution >= 4 is 11.7 Å². The number of carbonyl (C=O) groups is 1. The van der Waals surface area contributed by atoms with Gasteiger partial charge in [0.15, 0.2) is 5.82 Å². The van der Waals surface area contributed by atoms with Crippen LogP contribution in [0.15, 0.2) is 54.6 Å². The third-order valence-electron chi connectivity index (χ3n) is 7.78. The Bertz CT molecular complexity index is 1240. The Morgan fingerprint density at radius 2 is 1.70 bits per heavy atom. The van der Waals surface area contributed by atoms with Crippen LogP contribution < -0.4 is 10.6 Å². The van der Waals surface area contributed by atoms with Gasteiger partial charge < -0.3 is 20.4 Å². The number of hydrogen-bond donors (Lipinski definition) is 2. The lowest BCUT2D eigenvalue weighted by Gasteiger charge is -2.30. The fourth-order valence-corrected chi connectivity index (χ4v) is 5.50. The average molecular weight is 542 g/mol. The molecule has 0 saturated carbocycles. The molecule has 8 heteroatoms. The summed E-state index contributed by atoms with van der Waals surface area (Å²) in [6, 6.07) is 18.3. The lowest BCUT2D eigenvalue weighted by molar-refractivity contribution is 0.0951. The van der Waals surface area contributed by atoms with Gasteiger partial charge in [0.25, 0.3) is 5.91 Å². The number of anilines is 1. The molecule has 0 aliphatic carbocycles. The van der Waals surface area contributed by atoms with Crippen LogP contribution in [-0.4, -0.2) is 90.5 Å². The largest absolute Gasteiger partial charge is 0.370 e. The number of nitrogens with one attached hydrogen (secondary N) is 2. The minimum absolute atomic E-state index is 0.0568. The monoisotopic (exact) mass is 541 g/mol. The molecule has 1 saturated heterocycles. The van der Waals surface area contributed by atoms with Crippen LogP contribution in [0.25, 0.3) is 11.4 Å². The number of carbonyl (C=O) groups excluding carboxylic acids is 1. The zero-order valence-electron chi connectivity index (χ0n) is 24.0. The van der Waals surface area contributed by atoms with Crippen LogP contribution >= 0.6 is 0 Å². The molecular formula is C32H43N7O. The van der Waals surface area contributed by atoms with Crippen LogP contribution in [0.4, 0.5) is 5.82 Å². The maximum Gasteiger partial charge on any atom is 0.251 e. The molecule has 0 atom stereocenters. The standard InChI is InChI=1S/C32H43N7O/c1-37(2)22-17-34-32(40)27-13-11-26(12-14-27)30-35-29-15-21-39(23-25-9-4-3-5-10-25)24-28(29)31(36-30)33-16-8-20-38-18-6-7-19-38/h3-5,9-14H,6-8,15-24H2,1-2H3,(H,34,40)(H,33,35,36). The highest BCUT2D eigenvalue weighted by atomic mass is 16.1. The van der Waals surface area contributed by atoms with Gasteiger partial charge in [-0.05, 0) is 70.7 Å². The van der Waals surface area contributed by atoms with E-state index in [0.29, 0.717) is 12.1 Å². The maximum absolute atomic E-state index is 12.5. The Labute approximate surface area is 238 Å². The number of likely N-dealkylation sites (tertiary alicyclic amines) is 1. The summed E-state index contributed by atoms with van der Waals surface area (Å²) in [7, 11) is 3.99. The second kappa shape index (κ2) is 13.8. The summed E-state index contributed by atoms with van der Waals surface area (Å²) in [5.74, 6) is 1.61. The predicted octanol–water partition coefficient (Wildman–Crippen LogP) is 3.89. The summed E-state index contributed by atoms with van der Waals surface area (Å²) in [5.41, 5.74) is 5.25. The Hall–Kier alpha value is -3.33. The summed E-state index contributed by atoms with van der Waals surface area (Å²) >= 11 is 0. The van der Waals surface area contributed by atoms with E-state index >= 15 is 0 Å². The SMILES string of the molecule is CN(C)CCNC(=O)c1ccc(-c2nc3c(c(NCCCN4CCCC4)n2)CN(Cc2ccccc2)CC3)cc1. The molecule has 40 heavy (non-hydrogen) atoms. The van der Waals surface area contributed by atoms with Crippen LogP contribution in [0.3, 0.4) is 0 Å². The molecule has 2 aromatic carbocycles. The average Bonchev–Trinajstić information content (AvgIpc) is 3.49. The van der Waals surface area contributed by atoms with E-state index < -0.39 is 0 Å². The van der Waals surface area contributed by atoms with Gasteiger partial charge in [0.2, 0.25) is 0 Å². The van der Waals surface area contributed by atoms with Gasteiger partial charge in [-0.2, -0.15) is 0 Å². The number of aromatic nitrogens is 2. The minimum atomic E-state index is -0.0568. The number of rotatable bonds is 12. The van der Waals surface area contributed by atoms with Gasteiger partial charge >= 0.3 is 0 Å². The first-order valence-electron chi connectivity index (χ1n) is 14.7. The van der Waals surface area contributed by atoms with E-state index in [9.17, 15) is 4.79 Å². The molecule has 8 nitrogen and oxygen atoms in total. The fourth-order valence-electron chi connectivity index (χ4n) is 5.50. The van der Waals surface area contributed by atoms with Crippen molar-refractivity contribution in [1.82, 2.24) is 30.0 Å². The second-order valence-electron chi connectivity index (χ2n) is 11.2. The summed E-state index contributed by atoms with van der Waals surface area (Å²) in [5, 5.41) is 6.66. The van der Waals surface area contributed by atoms with Crippen molar-refractivity contribution in [3.63, 3.8) is 0 Å². The summed E-state index contributed by atoms with van der Waals surface area (Å²) in [6.45, 7) is 8.64. The van der Waals surface area contributed by atoms with Crippen molar-refractivity contribution in [1.29, 1.82) is 0 Å². The van der Waals surface area contributed by atoms with Gasteiger partial charge in [0.1, 0.15) is 5.82 Å². The third kappa shape index (κ3) is 7.65. The van der Waals surface area contributed by atoms with E-state index in [1.165, 1.54) is 37.1 Å². The van der Waals surface area contributed by atoms with E-state index in [2.05, 4.69) is 55.7 Å². The Balaban J connectivity index is 1.31. The first-order chi connectivity index (χ1) is 19.5. The molecule has 212 valence electrons. The Morgan fingerprint density at radius 1 is 0.925 bits per heavy atom. The second-order valence-corrected chi connectivity index (χ2v) is 11.2. The van der Waals surface area contributed by atoms with Gasteiger partial charge in [-0.15, -0.1) is 0 Å². The van der Waals surface area contributed by atoms with Crippen LogP contribution in [0.5, 0.6) is 0 Å². The minimum Gasteiger partial charge on any atom is -0.370 e. The molecule has 0 bridgehead atoms. The van der Waals surface area contributed by atoms with Crippen molar-refractivity contribution in [2.24, 2.45) is 0 Å². The van der Waals surface area contributed by atoms with Gasteiger partial charge in [0.05, 0.1) is 5.69 Å². The van der Waals surface area contributed by atoms with Crippen molar-refractivity contribution < 1.29 is 4.79 Å². The third-order valence-corrected chi connectivity index (χ3v) is 7.78. The highest BCUT2D eigenvalue weighted by Gasteiger charge is 2.23. The van der Waals surface area contributed by atoms with Gasteiger partial charge in [-0.1, -0.05) is 42.5 Å². The van der Waals surface area contributed by atoms with E-state index in [1.807, 2.05) is 38.4 Å². The highest BCUT2D eigenvalue weighted by molar-refractivity contribution is 5.94. The summed E-state index contributed by atoms with van der Waals surface area (Å²) in [4.78, 5) is 29.7. The van der Waals surface area contributed by atoms with Gasteiger partial charge in [-0.25, -0.2) is 9.97 Å². The number of hydrogen-bond acceptors (Lipinski definition) is 7. The zero-order chi connectivity index (χ0) is 27.7. The maximum atomic E-state index is 12.5. The molecule has 0 spiro atoms. The van der Waals surface area contributed by atoms with E-state index in [0.717, 1.165) is 75.0 Å². The molecule has 1 aromatic heterocycles. The molecule has 3 aromatic rings. The van der Waals surface area contributed by atoms with Crippen LogP contribution in [-0.2, 0) is 19.5 Å². The Kier molecular flexibility index (Phi) is 9.76. The number of likely N-dealkylation sites (N-methyl/N-ethyl adjacent to an activating group) is 1. The zero-order valence-corrected chi connectivity index (χ0v) is 24.0. The molecule has 0 radical (unpaired) electrons. The molecule has 2 aliphatic rings. The van der Waals surface area contributed by atoms with Gasteiger partial charge in [0, 0.05) is 62.4 Å². The molecule has 1 amide bonds. The predicted molar refractivity (Wildman–Crippen MR) is 161 cm³/mol. The van der Waals surface area contributed by atoms with Gasteiger partial charge in [-0.3, -0.25) is 9.69 Å². The smallest absolute Gasteiger partial charge is 0.251 e. The lowest BCUT2D eigenvalue weighted by atomic mass is 10.0. The van der Waals surface area contributed by atoms with Crippen molar-refractivity contribution in [2.45, 2.75) is 38.8 Å². The van der Waals surface area contributed by atoms with Crippen LogP contribution in [0, 0.1) is 0 Å². The molecule has 2 N–H and O–H groups in total. The highest BCUT2D eigenvalue weighted by Crippen LogP contribution is 2.28. The quantitative estimate of drug-likeness (QED) is 0.337. The molecule has 1 fully saturated rings. The fraction of sp³-hybridized carbons (Fsp3) is 0.469. The molecule has 0 unspecified atom stereocenters. The number of nitrogens with zero attached hydrogens (tertiary/aromatic N) is 5. The number of fused-ring (bicyclic) bond motifs is 1. The van der Waals surface area contributed by atoms with E-state index in [-0.39, 0.29) is 5.91 Å². The first kappa shape index (κ1) is 28.2. The molecule has 3 heterocycles. The van der Waals surface area contributed by atoms with Crippen molar-refractivity contribution in [2.75, 3.05) is 65.2 Å². The van der Waals surface area contributed by atoms with E-state index in [1.54, 1.807) is 0 Å².